The fourth-order valence-corrected chi connectivity index (χ4v) is 2.94. The van der Waals surface area contributed by atoms with Gasteiger partial charge in [-0.3, -0.25) is 14.9 Å². The highest BCUT2D eigenvalue weighted by atomic mass is 19.4. The van der Waals surface area contributed by atoms with Gasteiger partial charge >= 0.3 is 6.18 Å². The summed E-state index contributed by atoms with van der Waals surface area (Å²) in [5.41, 5.74) is 0.622. The number of carbonyl (C=O) groups excluding carboxylic acids is 2. The second kappa shape index (κ2) is 8.56. The minimum absolute atomic E-state index is 0.0350. The molecule has 0 radical (unpaired) electrons. The smallest absolute Gasteiger partial charge is 0.340 e. The molecule has 9 heteroatoms. The second-order valence-electron chi connectivity index (χ2n) is 7.00. The number of hydrogen-bond acceptors (Lipinski definition) is 3. The summed E-state index contributed by atoms with van der Waals surface area (Å²) < 4.78 is 38.1. The number of rotatable bonds is 6. The minimum atomic E-state index is -4.49. The van der Waals surface area contributed by atoms with E-state index >= 15 is 0 Å². The molecule has 3 N–H and O–H groups in total. The number of para-hydroxylation sites is 2. The van der Waals surface area contributed by atoms with Crippen LogP contribution in [0.2, 0.25) is 0 Å². The molecule has 0 aliphatic heterocycles. The van der Waals surface area contributed by atoms with Crippen LogP contribution in [0.4, 0.5) is 19.1 Å². The molecule has 2 aromatic carbocycles. The van der Waals surface area contributed by atoms with Gasteiger partial charge in [0.2, 0.25) is 11.9 Å². The predicted molar refractivity (Wildman–Crippen MR) is 107 cm³/mol. The Kier molecular flexibility index (Phi) is 6.09. The number of anilines is 1. The van der Waals surface area contributed by atoms with Gasteiger partial charge in [0.1, 0.15) is 6.04 Å². The molecular weight excluding hydrogens is 397 g/mol. The van der Waals surface area contributed by atoms with Gasteiger partial charge in [-0.15, -0.1) is 0 Å². The first-order valence-electron chi connectivity index (χ1n) is 9.42. The molecule has 0 bridgehead atoms. The van der Waals surface area contributed by atoms with Crippen molar-refractivity contribution in [2.75, 3.05) is 5.32 Å². The Hall–Kier alpha value is -3.36. The summed E-state index contributed by atoms with van der Waals surface area (Å²) in [6, 6.07) is 10.2. The van der Waals surface area contributed by atoms with E-state index < -0.39 is 29.6 Å². The first kappa shape index (κ1) is 21.4. The Bertz CT molecular complexity index is 1010. The number of aromatic nitrogens is 2. The van der Waals surface area contributed by atoms with Crippen molar-refractivity contribution < 1.29 is 22.8 Å². The van der Waals surface area contributed by atoms with Crippen molar-refractivity contribution in [3.63, 3.8) is 0 Å². The number of benzene rings is 2. The Morgan fingerprint density at radius 2 is 1.77 bits per heavy atom. The van der Waals surface area contributed by atoms with Crippen molar-refractivity contribution in [1.82, 2.24) is 15.3 Å². The molecular formula is C21H21F3N4O2. The number of H-pyrrole nitrogens is 1. The molecule has 0 saturated heterocycles. The normalized spacial score (nSPS) is 13.6. The summed E-state index contributed by atoms with van der Waals surface area (Å²) in [6.45, 7) is 3.67. The monoisotopic (exact) mass is 418 g/mol. The van der Waals surface area contributed by atoms with E-state index in [9.17, 15) is 22.8 Å². The summed E-state index contributed by atoms with van der Waals surface area (Å²) in [7, 11) is 0. The number of carbonyl (C=O) groups is 2. The standard InChI is InChI=1S/C21H21F3N4O2/c1-3-12(2)17(19(30)28-20-25-15-6-4-5-7-16(15)26-20)27-18(29)13-8-10-14(11-9-13)21(22,23)24/h4-12,17H,3H2,1-2H3,(H,27,29)(H2,25,26,28,30)/t12-,17+/m1/s1. The second-order valence-corrected chi connectivity index (χ2v) is 7.00. The summed E-state index contributed by atoms with van der Waals surface area (Å²) in [4.78, 5) is 32.6. The molecule has 3 aromatic rings. The molecule has 3 rings (SSSR count). The van der Waals surface area contributed by atoms with Crippen molar-refractivity contribution in [3.05, 3.63) is 59.7 Å². The Labute approximate surface area is 170 Å². The number of nitrogens with one attached hydrogen (secondary N) is 3. The van der Waals surface area contributed by atoms with E-state index in [2.05, 4.69) is 20.6 Å². The van der Waals surface area contributed by atoms with Gasteiger partial charge in [0.15, 0.2) is 0 Å². The molecule has 0 fully saturated rings. The zero-order valence-corrected chi connectivity index (χ0v) is 16.4. The van der Waals surface area contributed by atoms with Crippen LogP contribution in [0.5, 0.6) is 0 Å². The van der Waals surface area contributed by atoms with Gasteiger partial charge in [-0.2, -0.15) is 13.2 Å². The lowest BCUT2D eigenvalue weighted by Crippen LogP contribution is -2.47. The number of halogens is 3. The zero-order chi connectivity index (χ0) is 21.9. The Balaban J connectivity index is 1.74. The first-order valence-corrected chi connectivity index (χ1v) is 9.42. The van der Waals surface area contributed by atoms with E-state index in [4.69, 9.17) is 0 Å². The highest BCUT2D eigenvalue weighted by Gasteiger charge is 2.31. The molecule has 6 nitrogen and oxygen atoms in total. The van der Waals surface area contributed by atoms with Crippen molar-refractivity contribution in [1.29, 1.82) is 0 Å². The molecule has 0 unspecified atom stereocenters. The minimum Gasteiger partial charge on any atom is -0.340 e. The third-order valence-corrected chi connectivity index (χ3v) is 4.89. The van der Waals surface area contributed by atoms with Crippen molar-refractivity contribution in [3.8, 4) is 0 Å². The molecule has 0 spiro atoms. The van der Waals surface area contributed by atoms with Crippen LogP contribution in [0.25, 0.3) is 11.0 Å². The molecule has 0 saturated carbocycles. The molecule has 158 valence electrons. The number of alkyl halides is 3. The zero-order valence-electron chi connectivity index (χ0n) is 16.4. The molecule has 2 amide bonds. The van der Waals surface area contributed by atoms with Gasteiger partial charge in [-0.1, -0.05) is 32.4 Å². The van der Waals surface area contributed by atoms with Gasteiger partial charge < -0.3 is 10.3 Å². The van der Waals surface area contributed by atoms with Crippen molar-refractivity contribution in [2.24, 2.45) is 5.92 Å². The lowest BCUT2D eigenvalue weighted by molar-refractivity contribution is -0.137. The maximum absolute atomic E-state index is 12.8. The maximum Gasteiger partial charge on any atom is 0.416 e. The van der Waals surface area contributed by atoms with E-state index in [1.54, 1.807) is 13.0 Å². The lowest BCUT2D eigenvalue weighted by atomic mass is 9.98. The van der Waals surface area contributed by atoms with Crippen molar-refractivity contribution >= 4 is 28.8 Å². The number of fused-ring (bicyclic) bond motifs is 1. The maximum atomic E-state index is 12.8. The van der Waals surface area contributed by atoms with Gasteiger partial charge in [0.05, 0.1) is 16.6 Å². The van der Waals surface area contributed by atoms with Crippen LogP contribution >= 0.6 is 0 Å². The molecule has 0 aliphatic carbocycles. The third kappa shape index (κ3) is 4.79. The highest BCUT2D eigenvalue weighted by molar-refractivity contribution is 6.01. The van der Waals surface area contributed by atoms with Crippen LogP contribution in [-0.4, -0.2) is 27.8 Å². The average molecular weight is 418 g/mol. The number of nitrogens with zero attached hydrogens (tertiary/aromatic N) is 1. The highest BCUT2D eigenvalue weighted by Crippen LogP contribution is 2.29. The Morgan fingerprint density at radius 1 is 1.10 bits per heavy atom. The van der Waals surface area contributed by atoms with Crippen LogP contribution in [0.1, 0.15) is 36.2 Å². The first-order chi connectivity index (χ1) is 14.2. The van der Waals surface area contributed by atoms with Gasteiger partial charge in [-0.05, 0) is 42.3 Å². The largest absolute Gasteiger partial charge is 0.416 e. The number of aromatic amines is 1. The Morgan fingerprint density at radius 3 is 2.37 bits per heavy atom. The van der Waals surface area contributed by atoms with E-state index in [0.717, 1.165) is 29.8 Å². The van der Waals surface area contributed by atoms with E-state index in [-0.39, 0.29) is 17.4 Å². The summed E-state index contributed by atoms with van der Waals surface area (Å²) in [5.74, 6) is -1.07. The topological polar surface area (TPSA) is 86.9 Å². The predicted octanol–water partition coefficient (Wildman–Crippen LogP) is 4.36. The fraction of sp³-hybridized carbons (Fsp3) is 0.286. The third-order valence-electron chi connectivity index (χ3n) is 4.89. The van der Waals surface area contributed by atoms with Gasteiger partial charge in [0, 0.05) is 5.56 Å². The summed E-state index contributed by atoms with van der Waals surface area (Å²) >= 11 is 0. The lowest BCUT2D eigenvalue weighted by Gasteiger charge is -2.23. The number of imidazole rings is 1. The molecule has 1 aromatic heterocycles. The van der Waals surface area contributed by atoms with Crippen LogP contribution in [0.15, 0.2) is 48.5 Å². The van der Waals surface area contributed by atoms with E-state index in [0.29, 0.717) is 11.9 Å². The molecule has 30 heavy (non-hydrogen) atoms. The number of hydrogen-bond donors (Lipinski definition) is 3. The molecule has 2 atom stereocenters. The van der Waals surface area contributed by atoms with Crippen molar-refractivity contribution in [2.45, 2.75) is 32.5 Å². The SMILES string of the molecule is CC[C@@H](C)[C@H](NC(=O)c1ccc(C(F)(F)F)cc1)C(=O)Nc1nc2ccccc2[nH]1. The van der Waals surface area contributed by atoms with Crippen LogP contribution in [0.3, 0.4) is 0 Å². The van der Waals surface area contributed by atoms with E-state index in [1.807, 2.05) is 25.1 Å². The van der Waals surface area contributed by atoms with Gasteiger partial charge in [0.25, 0.3) is 5.91 Å². The van der Waals surface area contributed by atoms with E-state index in [1.165, 1.54) is 0 Å². The van der Waals surface area contributed by atoms with Crippen LogP contribution < -0.4 is 10.6 Å². The van der Waals surface area contributed by atoms with Gasteiger partial charge in [-0.25, -0.2) is 4.98 Å². The average Bonchev–Trinajstić information content (AvgIpc) is 3.12. The fourth-order valence-electron chi connectivity index (χ4n) is 2.94. The van der Waals surface area contributed by atoms with Crippen LogP contribution in [0, 0.1) is 5.92 Å². The number of amides is 2. The molecule has 0 aliphatic rings. The summed E-state index contributed by atoms with van der Waals surface area (Å²) in [5, 5.41) is 5.29. The van der Waals surface area contributed by atoms with Crippen LogP contribution in [-0.2, 0) is 11.0 Å². The summed E-state index contributed by atoms with van der Waals surface area (Å²) in [6.07, 6.45) is -3.88. The quantitative estimate of drug-likeness (QED) is 0.556. The molecule has 1 heterocycles.